The molecule has 2 aliphatic rings. The van der Waals surface area contributed by atoms with E-state index < -0.39 is 15.6 Å². The Morgan fingerprint density at radius 3 is 2.50 bits per heavy atom. The van der Waals surface area contributed by atoms with Gasteiger partial charge in [0.1, 0.15) is 21.3 Å². The summed E-state index contributed by atoms with van der Waals surface area (Å²) < 4.78 is 27.7. The van der Waals surface area contributed by atoms with Crippen molar-refractivity contribution in [2.24, 2.45) is 5.92 Å². The molecule has 2 aromatic rings. The molecule has 1 aromatic heterocycles. The van der Waals surface area contributed by atoms with Crippen LogP contribution in [0.15, 0.2) is 30.3 Å². The SMILES string of the molecule is Cc1nn(-c2ccccc2)c2c1C(C)N(CC1CN([S+](=O)([O-])C(C)C)C1)C2=O. The average Bonchev–Trinajstić information content (AvgIpc) is 3.08. The molecule has 2 atom stereocenters. The topological polar surface area (TPSA) is 81.5 Å². The van der Waals surface area contributed by atoms with Crippen molar-refractivity contribution in [2.45, 2.75) is 39.0 Å². The van der Waals surface area contributed by atoms with Crippen molar-refractivity contribution >= 4 is 16.3 Å². The van der Waals surface area contributed by atoms with Gasteiger partial charge in [0.15, 0.2) is 0 Å². The van der Waals surface area contributed by atoms with Crippen molar-refractivity contribution in [1.29, 1.82) is 0 Å². The van der Waals surface area contributed by atoms with Crippen LogP contribution in [0.4, 0.5) is 0 Å². The van der Waals surface area contributed by atoms with Crippen LogP contribution < -0.4 is 0 Å². The number of carbonyl (C=O) groups is 1. The Bertz CT molecular complexity index is 950. The van der Waals surface area contributed by atoms with Gasteiger partial charge in [-0.1, -0.05) is 22.4 Å². The Balaban J connectivity index is 1.53. The van der Waals surface area contributed by atoms with Gasteiger partial charge in [-0.3, -0.25) is 4.79 Å². The summed E-state index contributed by atoms with van der Waals surface area (Å²) in [4.78, 5) is 15.1. The number of sulfonamides is 1. The normalized spacial score (nSPS) is 22.4. The lowest BCUT2D eigenvalue weighted by Crippen LogP contribution is -2.58. The lowest BCUT2D eigenvalue weighted by Gasteiger charge is -2.43. The molecule has 0 saturated carbocycles. The first-order valence-electron chi connectivity index (χ1n) is 9.66. The fourth-order valence-corrected chi connectivity index (χ4v) is 5.57. The van der Waals surface area contributed by atoms with Crippen LogP contribution in [-0.4, -0.2) is 54.3 Å². The fraction of sp³-hybridized carbons (Fsp3) is 0.500. The van der Waals surface area contributed by atoms with E-state index in [2.05, 4.69) is 5.10 Å². The Labute approximate surface area is 166 Å². The number of benzene rings is 1. The van der Waals surface area contributed by atoms with E-state index in [-0.39, 0.29) is 17.9 Å². The Kier molecular flexibility index (Phi) is 4.68. The van der Waals surface area contributed by atoms with Crippen LogP contribution in [0.1, 0.15) is 48.6 Å². The number of aryl methyl sites for hydroxylation is 1. The highest BCUT2D eigenvalue weighted by molar-refractivity contribution is 7.96. The number of carbonyl (C=O) groups excluding carboxylic acids is 1. The highest BCUT2D eigenvalue weighted by Gasteiger charge is 2.46. The molecule has 0 spiro atoms. The maximum atomic E-state index is 13.2. The summed E-state index contributed by atoms with van der Waals surface area (Å²) in [5.74, 6) is 0.138. The molecule has 0 aliphatic carbocycles. The minimum absolute atomic E-state index is 0.0304. The number of rotatable bonds is 5. The average molecular weight is 403 g/mol. The predicted molar refractivity (Wildman–Crippen MR) is 107 cm³/mol. The monoisotopic (exact) mass is 402 g/mol. The number of nitrogens with zero attached hydrogens (tertiary/aromatic N) is 4. The summed E-state index contributed by atoms with van der Waals surface area (Å²) in [7, 11) is -3.21. The third kappa shape index (κ3) is 2.91. The highest BCUT2D eigenvalue weighted by Crippen LogP contribution is 2.38. The molecule has 1 fully saturated rings. The molecule has 0 radical (unpaired) electrons. The quantitative estimate of drug-likeness (QED) is 0.720. The molecule has 0 N–H and O–H groups in total. The third-order valence-corrected chi connectivity index (χ3v) is 8.00. The first-order chi connectivity index (χ1) is 13.2. The summed E-state index contributed by atoms with van der Waals surface area (Å²) >= 11 is 0. The molecule has 3 heterocycles. The molecule has 150 valence electrons. The van der Waals surface area contributed by atoms with Gasteiger partial charge in [-0.25, -0.2) is 4.68 Å². The molecule has 28 heavy (non-hydrogen) atoms. The van der Waals surface area contributed by atoms with Gasteiger partial charge < -0.3 is 9.45 Å². The smallest absolute Gasteiger partial charge is 0.273 e. The standard InChI is InChI=1S/C20H26N4O3S/c1-13(2)28(26,27)22-10-16(11-22)12-23-15(4)18-14(3)21-24(19(18)20(23)25)17-8-6-5-7-9-17/h5-9,13,15-16H,10-12H2,1-4H3. The number of hydrogen-bond donors (Lipinski definition) is 0. The van der Waals surface area contributed by atoms with Gasteiger partial charge in [-0.2, -0.15) is 5.10 Å². The lowest BCUT2D eigenvalue weighted by atomic mass is 10.0. The molecule has 7 nitrogen and oxygen atoms in total. The van der Waals surface area contributed by atoms with Gasteiger partial charge in [0, 0.05) is 31.1 Å². The van der Waals surface area contributed by atoms with Crippen LogP contribution in [0.2, 0.25) is 0 Å². The van der Waals surface area contributed by atoms with E-state index in [1.165, 1.54) is 4.31 Å². The van der Waals surface area contributed by atoms with E-state index >= 15 is 0 Å². The maximum absolute atomic E-state index is 13.2. The first kappa shape index (κ1) is 19.3. The Morgan fingerprint density at radius 2 is 1.89 bits per heavy atom. The number of hydrogen-bond acceptors (Lipinski definition) is 4. The molecule has 1 saturated heterocycles. The molecule has 8 heteroatoms. The van der Waals surface area contributed by atoms with Crippen molar-refractivity contribution < 1.29 is 13.6 Å². The van der Waals surface area contributed by atoms with Crippen LogP contribution >= 0.6 is 0 Å². The molecular formula is C20H26N4O3S. The molecule has 2 unspecified atom stereocenters. The van der Waals surface area contributed by atoms with Crippen LogP contribution in [-0.2, 0) is 14.6 Å². The van der Waals surface area contributed by atoms with E-state index in [0.717, 1.165) is 16.9 Å². The Hall–Kier alpha value is -2.03. The van der Waals surface area contributed by atoms with E-state index in [1.807, 2.05) is 49.1 Å². The number of fused-ring (bicyclic) bond motifs is 1. The minimum atomic E-state index is -3.21. The second-order valence-electron chi connectivity index (χ2n) is 8.01. The molecule has 2 aliphatic heterocycles. The molecule has 0 bridgehead atoms. The maximum Gasteiger partial charge on any atom is 0.273 e. The van der Waals surface area contributed by atoms with Crippen molar-refractivity contribution in [1.82, 2.24) is 19.0 Å². The van der Waals surface area contributed by atoms with Crippen molar-refractivity contribution in [2.75, 3.05) is 19.6 Å². The lowest BCUT2D eigenvalue weighted by molar-refractivity contribution is 0.0610. The predicted octanol–water partition coefficient (Wildman–Crippen LogP) is 2.58. The van der Waals surface area contributed by atoms with Crippen LogP contribution in [0.5, 0.6) is 0 Å². The molecule has 1 aromatic carbocycles. The summed E-state index contributed by atoms with van der Waals surface area (Å²) in [5.41, 5.74) is 3.33. The molecule has 4 rings (SSSR count). The summed E-state index contributed by atoms with van der Waals surface area (Å²) in [6, 6.07) is 9.61. The second kappa shape index (κ2) is 6.79. The summed E-state index contributed by atoms with van der Waals surface area (Å²) in [5, 5.41) is 4.18. The van der Waals surface area contributed by atoms with E-state index in [1.54, 1.807) is 18.5 Å². The van der Waals surface area contributed by atoms with Gasteiger partial charge in [-0.05, 0) is 39.8 Å². The summed E-state index contributed by atoms with van der Waals surface area (Å²) in [6.45, 7) is 8.88. The minimum Gasteiger partial charge on any atom is -0.597 e. The molecule has 1 amide bonds. The zero-order chi connectivity index (χ0) is 20.2. The van der Waals surface area contributed by atoms with E-state index in [4.69, 9.17) is 0 Å². The van der Waals surface area contributed by atoms with Gasteiger partial charge in [0.05, 0.1) is 17.4 Å². The number of para-hydroxylation sites is 1. The van der Waals surface area contributed by atoms with Crippen LogP contribution in [0.3, 0.4) is 0 Å². The largest absolute Gasteiger partial charge is 0.597 e. The fourth-order valence-electron chi connectivity index (χ4n) is 4.13. The number of aromatic nitrogens is 2. The van der Waals surface area contributed by atoms with Gasteiger partial charge in [-0.15, -0.1) is 4.31 Å². The van der Waals surface area contributed by atoms with Crippen molar-refractivity contribution in [3.8, 4) is 5.69 Å². The van der Waals surface area contributed by atoms with Gasteiger partial charge >= 0.3 is 0 Å². The Morgan fingerprint density at radius 1 is 1.25 bits per heavy atom. The van der Waals surface area contributed by atoms with Gasteiger partial charge in [0.25, 0.3) is 5.91 Å². The third-order valence-electron chi connectivity index (χ3n) is 5.79. The highest BCUT2D eigenvalue weighted by atomic mass is 32.3. The zero-order valence-corrected chi connectivity index (χ0v) is 17.5. The van der Waals surface area contributed by atoms with Crippen molar-refractivity contribution in [3.05, 3.63) is 47.3 Å². The second-order valence-corrected chi connectivity index (χ2v) is 10.5. The zero-order valence-electron chi connectivity index (χ0n) is 16.7. The van der Waals surface area contributed by atoms with Crippen LogP contribution in [0, 0.1) is 12.8 Å². The van der Waals surface area contributed by atoms with Crippen LogP contribution in [0.25, 0.3) is 5.69 Å². The molecular weight excluding hydrogens is 376 g/mol. The number of amides is 1. The first-order valence-corrected chi connectivity index (χ1v) is 11.2. The van der Waals surface area contributed by atoms with E-state index in [9.17, 15) is 13.6 Å². The van der Waals surface area contributed by atoms with E-state index in [0.29, 0.717) is 25.3 Å². The summed E-state index contributed by atoms with van der Waals surface area (Å²) in [6.07, 6.45) is 0. The van der Waals surface area contributed by atoms with Gasteiger partial charge in [0.2, 0.25) is 0 Å². The van der Waals surface area contributed by atoms with Crippen molar-refractivity contribution in [3.63, 3.8) is 0 Å².